The van der Waals surface area contributed by atoms with Crippen LogP contribution in [0.3, 0.4) is 0 Å². The van der Waals surface area contributed by atoms with Gasteiger partial charge in [-0.2, -0.15) is 13.2 Å². The van der Waals surface area contributed by atoms with Crippen LogP contribution in [0, 0.1) is 0 Å². The Bertz CT molecular complexity index is 1330. The van der Waals surface area contributed by atoms with Crippen LogP contribution in [0.2, 0.25) is 0 Å². The van der Waals surface area contributed by atoms with E-state index in [1.165, 1.54) is 17.5 Å². The molecule has 198 valence electrons. The number of alkyl halides is 3. The number of halogens is 3. The summed E-state index contributed by atoms with van der Waals surface area (Å²) in [5, 5.41) is 14.2. The summed E-state index contributed by atoms with van der Waals surface area (Å²) in [4.78, 5) is 13.8. The Morgan fingerprint density at radius 3 is 1.47 bits per heavy atom. The monoisotopic (exact) mass is 556 g/mol. The number of hydrogen-bond donors (Lipinski definition) is 1. The molecule has 4 aromatic rings. The van der Waals surface area contributed by atoms with Crippen LogP contribution in [0.5, 0.6) is 0 Å². The maximum Gasteiger partial charge on any atom is 0.426 e. The maximum absolute atomic E-state index is 15.3. The number of benzene rings is 3. The number of hydrogen-bond acceptors (Lipinski definition) is 4. The van der Waals surface area contributed by atoms with Gasteiger partial charge in [0, 0.05) is 0 Å². The lowest BCUT2D eigenvalue weighted by Crippen LogP contribution is -2.55. The van der Waals surface area contributed by atoms with Crippen molar-refractivity contribution < 1.29 is 27.8 Å². The number of esters is 1. The van der Waals surface area contributed by atoms with Gasteiger partial charge >= 0.3 is 12.1 Å². The second-order valence-corrected chi connectivity index (χ2v) is 14.0. The third kappa shape index (κ3) is 4.98. The number of aliphatic hydroxyl groups is 1. The highest BCUT2D eigenvalue weighted by atomic mass is 32.1. The van der Waals surface area contributed by atoms with Gasteiger partial charge in [0.05, 0.1) is 10.2 Å². The minimum atomic E-state index is -5.24. The maximum atomic E-state index is 15.3. The van der Waals surface area contributed by atoms with Crippen molar-refractivity contribution in [2.75, 3.05) is 0 Å². The fourth-order valence-corrected chi connectivity index (χ4v) is 10.0. The van der Waals surface area contributed by atoms with Gasteiger partial charge in [-0.05, 0) is 55.0 Å². The van der Waals surface area contributed by atoms with Crippen LogP contribution in [0.25, 0.3) is 0 Å². The van der Waals surface area contributed by atoms with Crippen molar-refractivity contribution in [1.82, 2.24) is 0 Å². The predicted octanol–water partition coefficient (Wildman–Crippen LogP) is 6.01. The summed E-state index contributed by atoms with van der Waals surface area (Å²) >= 11 is 0.741. The minimum Gasteiger partial charge on any atom is -0.456 e. The zero-order valence-electron chi connectivity index (χ0n) is 21.1. The molecule has 0 saturated heterocycles. The van der Waals surface area contributed by atoms with E-state index in [9.17, 15) is 9.90 Å². The first kappa shape index (κ1) is 27.9. The molecule has 38 heavy (non-hydrogen) atoms. The molecular weight excluding hydrogens is 528 g/mol. The van der Waals surface area contributed by atoms with E-state index < -0.39 is 40.4 Å². The summed E-state index contributed by atoms with van der Waals surface area (Å²) in [6.45, 7) is 1.09. The minimum absolute atomic E-state index is 0.405. The summed E-state index contributed by atoms with van der Waals surface area (Å²) in [5.74, 6) is -1.20. The van der Waals surface area contributed by atoms with Crippen LogP contribution in [0.1, 0.15) is 25.6 Å². The average molecular weight is 557 g/mol. The summed E-state index contributed by atoms with van der Waals surface area (Å²) in [6, 6.07) is 28.5. The molecule has 0 spiro atoms. The Morgan fingerprint density at radius 1 is 0.737 bits per heavy atom. The van der Waals surface area contributed by atoms with Gasteiger partial charge < -0.3 is 9.84 Å². The average Bonchev–Trinajstić information content (AvgIpc) is 3.42. The molecule has 4 rings (SSSR count). The topological polar surface area (TPSA) is 46.5 Å². The standard InChI is InChI=1S/C30H28F3O3PS/c1-28(2,3)36-27(34)26(29(35,30(31,32)33)25-20-13-21-38-25)37(22-14-7-4-8-15-22,23-16-9-5-10-17-23)24-18-11-6-12-19-24/h4-21,35H,1-3H3. The van der Waals surface area contributed by atoms with Crippen LogP contribution in [0.15, 0.2) is 109 Å². The molecular formula is C30H28F3O3PS. The Labute approximate surface area is 224 Å². The van der Waals surface area contributed by atoms with Gasteiger partial charge in [0.15, 0.2) is 0 Å². The summed E-state index contributed by atoms with van der Waals surface area (Å²) in [5.41, 5.74) is -4.75. The van der Waals surface area contributed by atoms with Crippen molar-refractivity contribution in [3.63, 3.8) is 0 Å². The molecule has 8 heteroatoms. The molecule has 1 heterocycles. The Balaban J connectivity index is 2.39. The van der Waals surface area contributed by atoms with Crippen LogP contribution in [0.4, 0.5) is 13.2 Å². The molecule has 1 atom stereocenters. The van der Waals surface area contributed by atoms with E-state index >= 15 is 13.2 Å². The van der Waals surface area contributed by atoms with Gasteiger partial charge in [0.2, 0.25) is 5.60 Å². The molecule has 0 radical (unpaired) electrons. The molecule has 0 saturated carbocycles. The van der Waals surface area contributed by atoms with Gasteiger partial charge in [-0.3, -0.25) is 0 Å². The van der Waals surface area contributed by atoms with Crippen molar-refractivity contribution in [3.05, 3.63) is 113 Å². The van der Waals surface area contributed by atoms with Crippen LogP contribution < -0.4 is 15.9 Å². The molecule has 0 bridgehead atoms. The molecule has 0 aliphatic carbocycles. The summed E-state index contributed by atoms with van der Waals surface area (Å²) in [6.07, 6.45) is -5.24. The fraction of sp³-hybridized carbons (Fsp3) is 0.200. The van der Waals surface area contributed by atoms with Crippen molar-refractivity contribution in [1.29, 1.82) is 0 Å². The van der Waals surface area contributed by atoms with Gasteiger partial charge in [-0.25, -0.2) is 4.79 Å². The second kappa shape index (κ2) is 10.6. The highest BCUT2D eigenvalue weighted by molar-refractivity contribution is 7.96. The van der Waals surface area contributed by atoms with Crippen LogP contribution in [-0.4, -0.2) is 28.1 Å². The molecule has 1 unspecified atom stereocenters. The third-order valence-electron chi connectivity index (χ3n) is 5.99. The SMILES string of the molecule is CC(C)(C)OC(=O)C(C(O)(c1cccs1)C(F)(F)F)=P(c1ccccc1)(c1ccccc1)c1ccccc1. The lowest BCUT2D eigenvalue weighted by molar-refractivity contribution is -0.235. The Hall–Kier alpha value is -3.12. The Kier molecular flexibility index (Phi) is 7.76. The highest BCUT2D eigenvalue weighted by Crippen LogP contribution is 2.54. The van der Waals surface area contributed by atoms with E-state index in [4.69, 9.17) is 4.74 Å². The first-order chi connectivity index (χ1) is 17.9. The van der Waals surface area contributed by atoms with E-state index in [0.29, 0.717) is 15.9 Å². The second-order valence-electron chi connectivity index (χ2n) is 9.71. The van der Waals surface area contributed by atoms with Gasteiger partial charge in [0.1, 0.15) is 5.60 Å². The lowest BCUT2D eigenvalue weighted by atomic mass is 9.96. The Morgan fingerprint density at radius 2 is 1.16 bits per heavy atom. The number of thiophene rings is 1. The van der Waals surface area contributed by atoms with E-state index in [1.807, 2.05) is 0 Å². The van der Waals surface area contributed by atoms with E-state index in [2.05, 4.69) is 0 Å². The molecule has 0 amide bonds. The summed E-state index contributed by atoms with van der Waals surface area (Å²) in [7, 11) is 0. The highest BCUT2D eigenvalue weighted by Gasteiger charge is 2.63. The number of carbonyl (C=O) groups is 1. The number of ether oxygens (including phenoxy) is 1. The van der Waals surface area contributed by atoms with Gasteiger partial charge in [0.25, 0.3) is 0 Å². The molecule has 3 nitrogen and oxygen atoms in total. The van der Waals surface area contributed by atoms with Gasteiger partial charge in [-0.1, -0.05) is 97.1 Å². The van der Waals surface area contributed by atoms with E-state index in [0.717, 1.165) is 11.3 Å². The lowest BCUT2D eigenvalue weighted by Gasteiger charge is -2.40. The normalized spacial score (nSPS) is 14.0. The predicted molar refractivity (Wildman–Crippen MR) is 150 cm³/mol. The van der Waals surface area contributed by atoms with Crippen LogP contribution >= 0.6 is 18.2 Å². The van der Waals surface area contributed by atoms with Crippen molar-refractivity contribution in [2.45, 2.75) is 38.1 Å². The van der Waals surface area contributed by atoms with Gasteiger partial charge in [-0.15, -0.1) is 11.3 Å². The van der Waals surface area contributed by atoms with Crippen molar-refractivity contribution >= 4 is 45.4 Å². The quantitative estimate of drug-likeness (QED) is 0.234. The zero-order valence-corrected chi connectivity index (χ0v) is 22.9. The number of carbonyl (C=O) groups excluding carboxylic acids is 1. The molecule has 1 aromatic heterocycles. The van der Waals surface area contributed by atoms with Crippen LogP contribution in [-0.2, 0) is 15.1 Å². The fourth-order valence-electron chi connectivity index (χ4n) is 4.52. The molecule has 0 aliphatic heterocycles. The van der Waals surface area contributed by atoms with E-state index in [-0.39, 0.29) is 0 Å². The molecule has 3 aromatic carbocycles. The smallest absolute Gasteiger partial charge is 0.426 e. The first-order valence-corrected chi connectivity index (χ1v) is 14.6. The van der Waals surface area contributed by atoms with Crippen molar-refractivity contribution in [2.24, 2.45) is 0 Å². The van der Waals surface area contributed by atoms with Crippen molar-refractivity contribution in [3.8, 4) is 0 Å². The summed E-state index contributed by atoms with van der Waals surface area (Å²) < 4.78 is 51.7. The molecule has 0 fully saturated rings. The first-order valence-electron chi connectivity index (χ1n) is 11.9. The third-order valence-corrected chi connectivity index (χ3v) is 11.4. The molecule has 0 aliphatic rings. The zero-order chi connectivity index (χ0) is 27.6. The van der Waals surface area contributed by atoms with E-state index in [1.54, 1.807) is 112 Å². The largest absolute Gasteiger partial charge is 0.456 e. The molecule has 1 N–H and O–H groups in total. The number of rotatable bonds is 6.